The van der Waals surface area contributed by atoms with Gasteiger partial charge < -0.3 is 15.4 Å². The van der Waals surface area contributed by atoms with Crippen LogP contribution >= 0.6 is 12.4 Å². The van der Waals surface area contributed by atoms with E-state index in [4.69, 9.17) is 10.0 Å². The molecule has 1 saturated carbocycles. The standard InChI is InChI=1S/C10H13BFNO2.ClH/c12-10-5-8(11(14)15)2-1-7(10)6-13-9-3-4-9;/h1-2,5,9,13-15H,3-4,6H2;1H. The third-order valence-corrected chi connectivity index (χ3v) is 2.53. The van der Waals surface area contributed by atoms with Crippen LogP contribution < -0.4 is 10.8 Å². The molecule has 3 N–H and O–H groups in total. The molecule has 0 heterocycles. The van der Waals surface area contributed by atoms with E-state index >= 15 is 0 Å². The smallest absolute Gasteiger partial charge is 0.423 e. The minimum atomic E-state index is -1.61. The van der Waals surface area contributed by atoms with Gasteiger partial charge in [0.05, 0.1) is 0 Å². The Balaban J connectivity index is 0.00000128. The van der Waals surface area contributed by atoms with Crippen molar-refractivity contribution in [2.75, 3.05) is 0 Å². The highest BCUT2D eigenvalue weighted by Crippen LogP contribution is 2.19. The van der Waals surface area contributed by atoms with Crippen LogP contribution in [0.25, 0.3) is 0 Å². The fourth-order valence-corrected chi connectivity index (χ4v) is 1.41. The molecule has 1 fully saturated rings. The maximum absolute atomic E-state index is 13.4. The van der Waals surface area contributed by atoms with E-state index in [0.717, 1.165) is 18.9 Å². The summed E-state index contributed by atoms with van der Waals surface area (Å²) in [6.45, 7) is 0.498. The van der Waals surface area contributed by atoms with Gasteiger partial charge in [-0.25, -0.2) is 4.39 Å². The summed E-state index contributed by atoms with van der Waals surface area (Å²) in [6, 6.07) is 4.80. The average molecular weight is 245 g/mol. The van der Waals surface area contributed by atoms with Gasteiger partial charge >= 0.3 is 7.12 Å². The van der Waals surface area contributed by atoms with E-state index in [-0.39, 0.29) is 17.9 Å². The van der Waals surface area contributed by atoms with Crippen molar-refractivity contribution in [1.82, 2.24) is 5.32 Å². The van der Waals surface area contributed by atoms with Crippen molar-refractivity contribution in [3.63, 3.8) is 0 Å². The van der Waals surface area contributed by atoms with Gasteiger partial charge in [-0.3, -0.25) is 0 Å². The normalized spacial score (nSPS) is 14.4. The Hall–Kier alpha value is -0.615. The molecule has 1 aliphatic carbocycles. The van der Waals surface area contributed by atoms with Gasteiger partial charge in [0.2, 0.25) is 0 Å². The lowest BCUT2D eigenvalue weighted by molar-refractivity contribution is 0.425. The molecule has 2 rings (SSSR count). The summed E-state index contributed by atoms with van der Waals surface area (Å²) >= 11 is 0. The molecule has 0 aliphatic heterocycles. The predicted molar refractivity (Wildman–Crippen MR) is 63.3 cm³/mol. The Bertz CT molecular complexity index is 361. The van der Waals surface area contributed by atoms with Gasteiger partial charge in [0, 0.05) is 18.2 Å². The highest BCUT2D eigenvalue weighted by atomic mass is 35.5. The number of halogens is 2. The van der Waals surface area contributed by atoms with Crippen molar-refractivity contribution in [2.45, 2.75) is 25.4 Å². The second-order valence-electron chi connectivity index (χ2n) is 3.88. The van der Waals surface area contributed by atoms with Gasteiger partial charge in [-0.2, -0.15) is 0 Å². The third kappa shape index (κ3) is 3.45. The first-order valence-corrected chi connectivity index (χ1v) is 5.04. The van der Waals surface area contributed by atoms with E-state index in [9.17, 15) is 4.39 Å². The lowest BCUT2D eigenvalue weighted by atomic mass is 9.80. The Morgan fingerprint density at radius 1 is 1.38 bits per heavy atom. The SMILES string of the molecule is Cl.OB(O)c1ccc(CNC2CC2)c(F)c1. The molecular formula is C10H14BClFNO2. The number of nitrogens with one attached hydrogen (secondary N) is 1. The van der Waals surface area contributed by atoms with Crippen LogP contribution in [0.3, 0.4) is 0 Å². The number of hydrogen-bond acceptors (Lipinski definition) is 3. The lowest BCUT2D eigenvalue weighted by Crippen LogP contribution is -2.30. The summed E-state index contributed by atoms with van der Waals surface area (Å²) in [5.41, 5.74) is 0.744. The molecule has 0 radical (unpaired) electrons. The van der Waals surface area contributed by atoms with Gasteiger partial charge in [0.1, 0.15) is 5.82 Å². The Morgan fingerprint density at radius 2 is 2.06 bits per heavy atom. The molecule has 0 aromatic heterocycles. The van der Waals surface area contributed by atoms with Crippen molar-refractivity contribution < 1.29 is 14.4 Å². The van der Waals surface area contributed by atoms with Gasteiger partial charge in [-0.05, 0) is 24.4 Å². The summed E-state index contributed by atoms with van der Waals surface area (Å²) in [5.74, 6) is -0.395. The van der Waals surface area contributed by atoms with Crippen molar-refractivity contribution in [1.29, 1.82) is 0 Å². The third-order valence-electron chi connectivity index (χ3n) is 2.53. The summed E-state index contributed by atoms with van der Waals surface area (Å²) in [4.78, 5) is 0. The molecule has 16 heavy (non-hydrogen) atoms. The van der Waals surface area contributed by atoms with Crippen molar-refractivity contribution in [3.8, 4) is 0 Å². The highest BCUT2D eigenvalue weighted by Gasteiger charge is 2.21. The van der Waals surface area contributed by atoms with E-state index in [1.54, 1.807) is 6.07 Å². The van der Waals surface area contributed by atoms with E-state index < -0.39 is 12.9 Å². The maximum Gasteiger partial charge on any atom is 0.488 e. The zero-order valence-corrected chi connectivity index (χ0v) is 9.51. The number of rotatable bonds is 4. The molecule has 0 unspecified atom stereocenters. The second-order valence-corrected chi connectivity index (χ2v) is 3.88. The van der Waals surface area contributed by atoms with Gasteiger partial charge in [-0.1, -0.05) is 12.1 Å². The molecule has 1 aromatic carbocycles. The molecule has 1 aliphatic rings. The first kappa shape index (κ1) is 13.4. The minimum Gasteiger partial charge on any atom is -0.423 e. The largest absolute Gasteiger partial charge is 0.488 e. The molecule has 6 heteroatoms. The fourth-order valence-electron chi connectivity index (χ4n) is 1.41. The van der Waals surface area contributed by atoms with Crippen LogP contribution in [0.1, 0.15) is 18.4 Å². The first-order valence-electron chi connectivity index (χ1n) is 5.04. The highest BCUT2D eigenvalue weighted by molar-refractivity contribution is 6.58. The zero-order chi connectivity index (χ0) is 10.8. The van der Waals surface area contributed by atoms with Gasteiger partial charge in [0.25, 0.3) is 0 Å². The maximum atomic E-state index is 13.4. The molecule has 0 atom stereocenters. The minimum absolute atomic E-state index is 0. The Labute approximate surface area is 100 Å². The van der Waals surface area contributed by atoms with E-state index in [1.807, 2.05) is 0 Å². The Kier molecular flexibility index (Phi) is 4.74. The van der Waals surface area contributed by atoms with Gasteiger partial charge in [-0.15, -0.1) is 12.4 Å². The monoisotopic (exact) mass is 245 g/mol. The Morgan fingerprint density at radius 3 is 2.56 bits per heavy atom. The van der Waals surface area contributed by atoms with Crippen LogP contribution in [0.2, 0.25) is 0 Å². The molecule has 0 saturated heterocycles. The predicted octanol–water partition coefficient (Wildman–Crippen LogP) is 0.179. The molecule has 0 spiro atoms. The van der Waals surface area contributed by atoms with Crippen LogP contribution in [-0.2, 0) is 6.54 Å². The summed E-state index contributed by atoms with van der Waals surface area (Å²) in [5, 5.41) is 20.9. The molecule has 0 bridgehead atoms. The first-order chi connectivity index (χ1) is 7.16. The summed E-state index contributed by atoms with van der Waals surface area (Å²) in [7, 11) is -1.61. The summed E-state index contributed by atoms with van der Waals surface area (Å²) < 4.78 is 13.4. The van der Waals surface area contributed by atoms with Crippen LogP contribution in [-0.4, -0.2) is 23.2 Å². The van der Waals surface area contributed by atoms with Crippen LogP contribution in [0.5, 0.6) is 0 Å². The van der Waals surface area contributed by atoms with Crippen molar-refractivity contribution >= 4 is 25.0 Å². The van der Waals surface area contributed by atoms with E-state index in [2.05, 4.69) is 5.32 Å². The summed E-state index contributed by atoms with van der Waals surface area (Å²) in [6.07, 6.45) is 2.32. The van der Waals surface area contributed by atoms with Crippen molar-refractivity contribution in [2.24, 2.45) is 0 Å². The molecule has 1 aromatic rings. The fraction of sp³-hybridized carbons (Fsp3) is 0.400. The lowest BCUT2D eigenvalue weighted by Gasteiger charge is -2.06. The average Bonchev–Trinajstić information content (AvgIpc) is 2.99. The molecule has 0 amide bonds. The zero-order valence-electron chi connectivity index (χ0n) is 8.69. The van der Waals surface area contributed by atoms with Crippen LogP contribution in [0.15, 0.2) is 18.2 Å². The molecule has 88 valence electrons. The van der Waals surface area contributed by atoms with Gasteiger partial charge in [0.15, 0.2) is 0 Å². The van der Waals surface area contributed by atoms with E-state index in [0.29, 0.717) is 18.2 Å². The topological polar surface area (TPSA) is 52.5 Å². The quantitative estimate of drug-likeness (QED) is 0.663. The molecule has 3 nitrogen and oxygen atoms in total. The van der Waals surface area contributed by atoms with Crippen LogP contribution in [0, 0.1) is 5.82 Å². The number of hydrogen-bond donors (Lipinski definition) is 3. The number of benzene rings is 1. The van der Waals surface area contributed by atoms with E-state index in [1.165, 1.54) is 6.07 Å². The molecular weight excluding hydrogens is 231 g/mol. The van der Waals surface area contributed by atoms with Crippen molar-refractivity contribution in [3.05, 3.63) is 29.6 Å². The second kappa shape index (κ2) is 5.64. The van der Waals surface area contributed by atoms with Crippen LogP contribution in [0.4, 0.5) is 4.39 Å².